The largest absolute Gasteiger partial charge is 0.465 e. The molecule has 1 amide bonds. The van der Waals surface area contributed by atoms with E-state index in [1.807, 2.05) is 0 Å². The van der Waals surface area contributed by atoms with Gasteiger partial charge in [-0.1, -0.05) is 0 Å². The number of nitrogens with two attached hydrogens (primary N) is 1. The Morgan fingerprint density at radius 1 is 1.53 bits per heavy atom. The molecule has 0 aromatic carbocycles. The summed E-state index contributed by atoms with van der Waals surface area (Å²) in [5.74, 6) is 1.06. The Morgan fingerprint density at radius 2 is 2.24 bits per heavy atom. The number of piperidine rings is 1. The zero-order chi connectivity index (χ0) is 12.3. The number of hydrogen-bond acceptors (Lipinski definition) is 5. The maximum atomic E-state index is 10.5. The molecule has 1 aliphatic rings. The number of nitrogens with one attached hydrogen (secondary N) is 1. The Labute approximate surface area is 98.7 Å². The van der Waals surface area contributed by atoms with Crippen molar-refractivity contribution in [3.63, 3.8) is 0 Å². The Hall–Kier alpha value is -2.05. The minimum atomic E-state index is -0.963. The van der Waals surface area contributed by atoms with E-state index in [-0.39, 0.29) is 12.0 Å². The van der Waals surface area contributed by atoms with Crippen molar-refractivity contribution in [1.82, 2.24) is 15.3 Å². The van der Waals surface area contributed by atoms with E-state index in [9.17, 15) is 4.79 Å². The van der Waals surface area contributed by atoms with Crippen LogP contribution in [0.25, 0.3) is 0 Å². The average molecular weight is 237 g/mol. The third kappa shape index (κ3) is 2.96. The Balaban J connectivity index is 1.93. The first kappa shape index (κ1) is 11.4. The molecule has 0 unspecified atom stereocenters. The average Bonchev–Trinajstić information content (AvgIpc) is 2.29. The van der Waals surface area contributed by atoms with Gasteiger partial charge < -0.3 is 21.1 Å². The molecule has 7 nitrogen and oxygen atoms in total. The van der Waals surface area contributed by atoms with Crippen LogP contribution in [0, 0.1) is 0 Å². The predicted molar refractivity (Wildman–Crippen MR) is 62.8 cm³/mol. The van der Waals surface area contributed by atoms with E-state index in [1.165, 1.54) is 0 Å². The summed E-state index contributed by atoms with van der Waals surface area (Å²) in [4.78, 5) is 20.6. The van der Waals surface area contributed by atoms with E-state index in [4.69, 9.17) is 10.8 Å². The molecule has 0 aliphatic carbocycles. The summed E-state index contributed by atoms with van der Waals surface area (Å²) in [5, 5.41) is 11.1. The lowest BCUT2D eigenvalue weighted by Gasteiger charge is -2.32. The van der Waals surface area contributed by atoms with Crippen LogP contribution in [0.2, 0.25) is 0 Å². The van der Waals surface area contributed by atoms with E-state index in [0.29, 0.717) is 0 Å². The van der Waals surface area contributed by atoms with Gasteiger partial charge in [0.05, 0.1) is 0 Å². The smallest absolute Gasteiger partial charge is 0.404 e. The first-order valence-electron chi connectivity index (χ1n) is 5.48. The van der Waals surface area contributed by atoms with Crippen LogP contribution in [-0.2, 0) is 0 Å². The molecule has 1 aromatic heterocycles. The van der Waals surface area contributed by atoms with Crippen molar-refractivity contribution in [2.45, 2.75) is 18.9 Å². The van der Waals surface area contributed by atoms with Crippen LogP contribution in [0.5, 0.6) is 0 Å². The van der Waals surface area contributed by atoms with Gasteiger partial charge in [0.15, 0.2) is 0 Å². The van der Waals surface area contributed by atoms with Gasteiger partial charge >= 0.3 is 6.09 Å². The molecule has 2 heterocycles. The lowest BCUT2D eigenvalue weighted by atomic mass is 10.1. The van der Waals surface area contributed by atoms with Gasteiger partial charge in [-0.05, 0) is 18.9 Å². The summed E-state index contributed by atoms with van der Waals surface area (Å²) in [6.45, 7) is 1.53. The molecule has 1 aliphatic heterocycles. The van der Waals surface area contributed by atoms with Gasteiger partial charge in [-0.3, -0.25) is 0 Å². The van der Waals surface area contributed by atoms with Crippen LogP contribution in [0.3, 0.4) is 0 Å². The summed E-state index contributed by atoms with van der Waals surface area (Å²) in [6, 6.07) is 1.84. The van der Waals surface area contributed by atoms with E-state index >= 15 is 0 Å². The number of rotatable bonds is 2. The highest BCUT2D eigenvalue weighted by Gasteiger charge is 2.21. The second kappa shape index (κ2) is 4.86. The van der Waals surface area contributed by atoms with Crippen LogP contribution in [0.1, 0.15) is 12.8 Å². The molecule has 1 fully saturated rings. The number of nitrogen functional groups attached to an aromatic ring is 1. The number of anilines is 2. The van der Waals surface area contributed by atoms with Crippen molar-refractivity contribution in [1.29, 1.82) is 0 Å². The number of nitrogens with zero attached hydrogens (tertiary/aromatic N) is 3. The maximum Gasteiger partial charge on any atom is 0.404 e. The summed E-state index contributed by atoms with van der Waals surface area (Å²) in [6.07, 6.45) is 2.21. The zero-order valence-electron chi connectivity index (χ0n) is 9.33. The standard InChI is InChI=1S/C10H15N5O2/c11-9-12-4-1-8(14-9)15-5-2-7(3-6-15)13-10(16)17/h1,4,7,13H,2-3,5-6H2,(H,16,17)(H2,11,12,14). The minimum Gasteiger partial charge on any atom is -0.465 e. The lowest BCUT2D eigenvalue weighted by Crippen LogP contribution is -2.44. The van der Waals surface area contributed by atoms with Crippen molar-refractivity contribution < 1.29 is 9.90 Å². The van der Waals surface area contributed by atoms with Gasteiger partial charge in [-0.15, -0.1) is 0 Å². The van der Waals surface area contributed by atoms with Crippen LogP contribution < -0.4 is 16.0 Å². The molecular weight excluding hydrogens is 222 g/mol. The molecule has 7 heteroatoms. The number of carbonyl (C=O) groups is 1. The van der Waals surface area contributed by atoms with Gasteiger partial charge in [0.25, 0.3) is 0 Å². The molecule has 0 saturated carbocycles. The molecule has 0 atom stereocenters. The first-order valence-corrected chi connectivity index (χ1v) is 5.48. The van der Waals surface area contributed by atoms with E-state index < -0.39 is 6.09 Å². The van der Waals surface area contributed by atoms with Crippen molar-refractivity contribution in [3.05, 3.63) is 12.3 Å². The van der Waals surface area contributed by atoms with Crippen molar-refractivity contribution in [3.8, 4) is 0 Å². The van der Waals surface area contributed by atoms with Crippen LogP contribution in [-0.4, -0.2) is 40.3 Å². The van der Waals surface area contributed by atoms with Gasteiger partial charge in [0, 0.05) is 25.3 Å². The summed E-state index contributed by atoms with van der Waals surface area (Å²) >= 11 is 0. The molecule has 0 radical (unpaired) electrons. The van der Waals surface area contributed by atoms with Gasteiger partial charge in [-0.25, -0.2) is 9.78 Å². The lowest BCUT2D eigenvalue weighted by molar-refractivity contribution is 0.187. The molecular formula is C10H15N5O2. The molecule has 1 saturated heterocycles. The highest BCUT2D eigenvalue weighted by Crippen LogP contribution is 2.17. The zero-order valence-corrected chi connectivity index (χ0v) is 9.33. The number of carboxylic acid groups (broad SMARTS) is 1. The Morgan fingerprint density at radius 3 is 2.82 bits per heavy atom. The monoisotopic (exact) mass is 237 g/mol. The van der Waals surface area contributed by atoms with Crippen molar-refractivity contribution in [2.24, 2.45) is 0 Å². The summed E-state index contributed by atoms with van der Waals surface area (Å²) in [5.41, 5.74) is 5.52. The molecule has 2 rings (SSSR count). The van der Waals surface area contributed by atoms with Gasteiger partial charge in [0.1, 0.15) is 5.82 Å². The van der Waals surface area contributed by atoms with Crippen LogP contribution >= 0.6 is 0 Å². The van der Waals surface area contributed by atoms with E-state index in [0.717, 1.165) is 31.7 Å². The molecule has 17 heavy (non-hydrogen) atoms. The highest BCUT2D eigenvalue weighted by atomic mass is 16.4. The molecule has 0 spiro atoms. The van der Waals surface area contributed by atoms with E-state index in [2.05, 4.69) is 20.2 Å². The highest BCUT2D eigenvalue weighted by molar-refractivity contribution is 5.64. The maximum absolute atomic E-state index is 10.5. The predicted octanol–water partition coefficient (Wildman–Crippen LogP) is 0.295. The topological polar surface area (TPSA) is 104 Å². The van der Waals surface area contributed by atoms with Gasteiger partial charge in [-0.2, -0.15) is 4.98 Å². The van der Waals surface area contributed by atoms with Crippen molar-refractivity contribution >= 4 is 17.9 Å². The van der Waals surface area contributed by atoms with Crippen molar-refractivity contribution in [2.75, 3.05) is 23.7 Å². The number of hydrogen-bond donors (Lipinski definition) is 3. The molecule has 1 aromatic rings. The van der Waals surface area contributed by atoms with E-state index in [1.54, 1.807) is 12.3 Å². The fraction of sp³-hybridized carbons (Fsp3) is 0.500. The fourth-order valence-electron chi connectivity index (χ4n) is 1.97. The Kier molecular flexibility index (Phi) is 3.27. The summed E-state index contributed by atoms with van der Waals surface area (Å²) in [7, 11) is 0. The second-order valence-corrected chi connectivity index (χ2v) is 3.98. The number of amides is 1. The molecule has 92 valence electrons. The summed E-state index contributed by atoms with van der Waals surface area (Å²) < 4.78 is 0. The molecule has 0 bridgehead atoms. The molecule has 4 N–H and O–H groups in total. The Bertz CT molecular complexity index is 403. The normalized spacial score (nSPS) is 16.8. The third-order valence-electron chi connectivity index (χ3n) is 2.81. The fourth-order valence-corrected chi connectivity index (χ4v) is 1.97. The van der Waals surface area contributed by atoms with Crippen LogP contribution in [0.15, 0.2) is 12.3 Å². The van der Waals surface area contributed by atoms with Gasteiger partial charge in [0.2, 0.25) is 5.95 Å². The van der Waals surface area contributed by atoms with Crippen LogP contribution in [0.4, 0.5) is 16.6 Å². The quantitative estimate of drug-likeness (QED) is 0.683. The SMILES string of the molecule is Nc1nccc(N2CCC(NC(=O)O)CC2)n1. The first-order chi connectivity index (χ1) is 8.15. The second-order valence-electron chi connectivity index (χ2n) is 3.98. The minimum absolute atomic E-state index is 0.0305. The third-order valence-corrected chi connectivity index (χ3v) is 2.81. The number of aromatic nitrogens is 2.